The van der Waals surface area contributed by atoms with Crippen molar-refractivity contribution in [1.82, 2.24) is 30.6 Å². The molecular formula is C22H22N6O. The molecule has 7 heteroatoms. The van der Waals surface area contributed by atoms with Crippen LogP contribution >= 0.6 is 0 Å². The van der Waals surface area contributed by atoms with Gasteiger partial charge in [0.15, 0.2) is 0 Å². The average Bonchev–Trinajstić information content (AvgIpc) is 3.29. The molecule has 0 saturated carbocycles. The minimum absolute atomic E-state index is 0.0577. The molecule has 0 fully saturated rings. The lowest BCUT2D eigenvalue weighted by Gasteiger charge is -2.10. The number of unbranched alkanes of at least 4 members (excludes halogenated alkanes) is 1. The molecule has 0 spiro atoms. The second kappa shape index (κ2) is 8.60. The van der Waals surface area contributed by atoms with Crippen LogP contribution < -0.4 is 5.56 Å². The fourth-order valence-electron chi connectivity index (χ4n) is 3.42. The molecule has 2 aromatic heterocycles. The molecule has 2 heterocycles. The van der Waals surface area contributed by atoms with Gasteiger partial charge in [-0.05, 0) is 34.7 Å². The fourth-order valence-corrected chi connectivity index (χ4v) is 3.42. The molecule has 0 atom stereocenters. The van der Waals surface area contributed by atoms with Gasteiger partial charge in [-0.1, -0.05) is 61.9 Å². The Morgan fingerprint density at radius 2 is 1.79 bits per heavy atom. The summed E-state index contributed by atoms with van der Waals surface area (Å²) in [6, 6.07) is 16.2. The van der Waals surface area contributed by atoms with E-state index in [4.69, 9.17) is 0 Å². The summed E-state index contributed by atoms with van der Waals surface area (Å²) in [5.41, 5.74) is 5.66. The van der Waals surface area contributed by atoms with Gasteiger partial charge in [0.2, 0.25) is 5.82 Å². The maximum absolute atomic E-state index is 12.4. The maximum atomic E-state index is 12.4. The average molecular weight is 386 g/mol. The molecule has 4 rings (SSSR count). The van der Waals surface area contributed by atoms with Crippen molar-refractivity contribution in [2.75, 3.05) is 0 Å². The van der Waals surface area contributed by atoms with E-state index in [2.05, 4.69) is 61.8 Å². The predicted octanol–water partition coefficient (Wildman–Crippen LogP) is 3.55. The molecule has 0 amide bonds. The number of aromatic amines is 2. The zero-order chi connectivity index (χ0) is 20.1. The zero-order valence-electron chi connectivity index (χ0n) is 16.2. The van der Waals surface area contributed by atoms with Crippen LogP contribution in [0.3, 0.4) is 0 Å². The molecule has 4 aromatic rings. The third-order valence-electron chi connectivity index (χ3n) is 4.96. The van der Waals surface area contributed by atoms with Crippen LogP contribution in [0.15, 0.2) is 59.7 Å². The van der Waals surface area contributed by atoms with Crippen molar-refractivity contribution in [2.24, 2.45) is 0 Å². The van der Waals surface area contributed by atoms with E-state index in [9.17, 15) is 4.79 Å². The summed E-state index contributed by atoms with van der Waals surface area (Å²) in [4.78, 5) is 19.5. The van der Waals surface area contributed by atoms with E-state index in [-0.39, 0.29) is 5.56 Å². The highest BCUT2D eigenvalue weighted by molar-refractivity contribution is 5.80. The Labute approximate surface area is 168 Å². The highest BCUT2D eigenvalue weighted by Gasteiger charge is 2.12. The van der Waals surface area contributed by atoms with Crippen molar-refractivity contribution in [2.45, 2.75) is 32.6 Å². The van der Waals surface area contributed by atoms with E-state index in [0.717, 1.165) is 52.8 Å². The Kier molecular flexibility index (Phi) is 5.56. The van der Waals surface area contributed by atoms with Crippen molar-refractivity contribution in [3.8, 4) is 22.5 Å². The standard InChI is InChI=1S/C22H22N6O/c1-2-3-8-20-19(22(29)24-14-23-20)13-15-9-11-16(12-10-15)17-6-4-5-7-18(17)21-25-27-28-26-21/h4-7,9-12,14H,2-3,8,13H2,1H3,(H,23,24,29)(H,25,26,27,28). The minimum Gasteiger partial charge on any atom is -0.313 e. The molecule has 0 bridgehead atoms. The van der Waals surface area contributed by atoms with Crippen molar-refractivity contribution < 1.29 is 0 Å². The number of aryl methyl sites for hydroxylation is 1. The summed E-state index contributed by atoms with van der Waals surface area (Å²) in [5, 5.41) is 14.4. The van der Waals surface area contributed by atoms with E-state index in [1.807, 2.05) is 24.3 Å². The van der Waals surface area contributed by atoms with Gasteiger partial charge < -0.3 is 4.98 Å². The molecule has 2 N–H and O–H groups in total. The first-order chi connectivity index (χ1) is 14.3. The molecule has 0 saturated heterocycles. The molecule has 146 valence electrons. The number of nitrogens with zero attached hydrogens (tertiary/aromatic N) is 4. The first-order valence-corrected chi connectivity index (χ1v) is 9.74. The summed E-state index contributed by atoms with van der Waals surface area (Å²) < 4.78 is 0. The number of rotatable bonds is 7. The first-order valence-electron chi connectivity index (χ1n) is 9.74. The van der Waals surface area contributed by atoms with Gasteiger partial charge >= 0.3 is 0 Å². The minimum atomic E-state index is -0.0577. The summed E-state index contributed by atoms with van der Waals surface area (Å²) in [7, 11) is 0. The lowest BCUT2D eigenvalue weighted by atomic mass is 9.96. The number of nitrogens with one attached hydrogen (secondary N) is 2. The first kappa shape index (κ1) is 18.7. The molecule has 0 aliphatic rings. The zero-order valence-corrected chi connectivity index (χ0v) is 16.2. The quantitative estimate of drug-likeness (QED) is 0.506. The van der Waals surface area contributed by atoms with Crippen LogP contribution in [0.1, 0.15) is 36.6 Å². The third-order valence-corrected chi connectivity index (χ3v) is 4.96. The van der Waals surface area contributed by atoms with E-state index >= 15 is 0 Å². The number of H-pyrrole nitrogens is 2. The van der Waals surface area contributed by atoms with Gasteiger partial charge in [0.1, 0.15) is 0 Å². The number of tetrazole rings is 1. The number of benzene rings is 2. The van der Waals surface area contributed by atoms with Crippen molar-refractivity contribution >= 4 is 0 Å². The van der Waals surface area contributed by atoms with E-state index in [0.29, 0.717) is 12.2 Å². The summed E-state index contributed by atoms with van der Waals surface area (Å²) in [6.45, 7) is 2.14. The molecule has 7 nitrogen and oxygen atoms in total. The Morgan fingerprint density at radius 3 is 2.52 bits per heavy atom. The van der Waals surface area contributed by atoms with Crippen LogP contribution in [0.25, 0.3) is 22.5 Å². The molecule has 0 radical (unpaired) electrons. The van der Waals surface area contributed by atoms with Crippen LogP contribution in [0.4, 0.5) is 0 Å². The van der Waals surface area contributed by atoms with Gasteiger partial charge in [-0.3, -0.25) is 4.79 Å². The normalized spacial score (nSPS) is 10.9. The summed E-state index contributed by atoms with van der Waals surface area (Å²) >= 11 is 0. The maximum Gasteiger partial charge on any atom is 0.254 e. The Morgan fingerprint density at radius 1 is 1.00 bits per heavy atom. The lowest BCUT2D eigenvalue weighted by Crippen LogP contribution is -2.17. The molecule has 0 aliphatic heterocycles. The van der Waals surface area contributed by atoms with Gasteiger partial charge in [0.25, 0.3) is 5.56 Å². The molecular weight excluding hydrogens is 364 g/mol. The Balaban J connectivity index is 1.62. The molecule has 2 aromatic carbocycles. The number of aromatic nitrogens is 6. The van der Waals surface area contributed by atoms with Crippen molar-refractivity contribution in [3.63, 3.8) is 0 Å². The Hall–Kier alpha value is -3.61. The lowest BCUT2D eigenvalue weighted by molar-refractivity contribution is 0.759. The number of hydrogen-bond acceptors (Lipinski definition) is 5. The second-order valence-corrected chi connectivity index (χ2v) is 6.92. The van der Waals surface area contributed by atoms with E-state index < -0.39 is 0 Å². The van der Waals surface area contributed by atoms with E-state index in [1.54, 1.807) is 0 Å². The smallest absolute Gasteiger partial charge is 0.254 e. The largest absolute Gasteiger partial charge is 0.313 e. The fraction of sp³-hybridized carbons (Fsp3) is 0.227. The Bertz CT molecular complexity index is 1130. The van der Waals surface area contributed by atoms with Crippen molar-refractivity contribution in [1.29, 1.82) is 0 Å². The SMILES string of the molecule is CCCCc1nc[nH]c(=O)c1Cc1ccc(-c2ccccc2-c2nn[nH]n2)cc1. The van der Waals surface area contributed by atoms with Crippen LogP contribution in [-0.2, 0) is 12.8 Å². The molecule has 0 aliphatic carbocycles. The van der Waals surface area contributed by atoms with Crippen LogP contribution in [0.5, 0.6) is 0 Å². The van der Waals surface area contributed by atoms with Crippen LogP contribution in [0, 0.1) is 0 Å². The van der Waals surface area contributed by atoms with Crippen LogP contribution in [-0.4, -0.2) is 30.6 Å². The van der Waals surface area contributed by atoms with Gasteiger partial charge in [-0.15, -0.1) is 10.2 Å². The van der Waals surface area contributed by atoms with Gasteiger partial charge in [-0.25, -0.2) is 4.98 Å². The highest BCUT2D eigenvalue weighted by atomic mass is 16.1. The molecule has 0 unspecified atom stereocenters. The van der Waals surface area contributed by atoms with Crippen LogP contribution in [0.2, 0.25) is 0 Å². The number of hydrogen-bond donors (Lipinski definition) is 2. The van der Waals surface area contributed by atoms with Crippen molar-refractivity contribution in [3.05, 3.63) is 82.0 Å². The van der Waals surface area contributed by atoms with E-state index in [1.165, 1.54) is 6.33 Å². The summed E-state index contributed by atoms with van der Waals surface area (Å²) in [6.07, 6.45) is 4.98. The van der Waals surface area contributed by atoms with Gasteiger partial charge in [0, 0.05) is 17.5 Å². The van der Waals surface area contributed by atoms with Gasteiger partial charge in [-0.2, -0.15) is 5.21 Å². The topological polar surface area (TPSA) is 100 Å². The second-order valence-electron chi connectivity index (χ2n) is 6.92. The predicted molar refractivity (Wildman–Crippen MR) is 111 cm³/mol. The third kappa shape index (κ3) is 4.13. The summed E-state index contributed by atoms with van der Waals surface area (Å²) in [5.74, 6) is 0.562. The monoisotopic (exact) mass is 386 g/mol. The highest BCUT2D eigenvalue weighted by Crippen LogP contribution is 2.30. The molecule has 29 heavy (non-hydrogen) atoms. The van der Waals surface area contributed by atoms with Gasteiger partial charge in [0.05, 0.1) is 12.0 Å².